The maximum atomic E-state index is 11.5. The summed E-state index contributed by atoms with van der Waals surface area (Å²) in [6.45, 7) is 2.16. The lowest BCUT2D eigenvalue weighted by atomic mass is 10.2. The van der Waals surface area contributed by atoms with Crippen molar-refractivity contribution in [2.75, 3.05) is 0 Å². The van der Waals surface area contributed by atoms with Crippen LogP contribution in [0, 0.1) is 0 Å². The Kier molecular flexibility index (Phi) is 17.4. The fourth-order valence-electron chi connectivity index (χ4n) is 4.89. The molecule has 1 atom stereocenters. The van der Waals surface area contributed by atoms with Crippen molar-refractivity contribution in [2.24, 2.45) is 0 Å². The van der Waals surface area contributed by atoms with Crippen molar-refractivity contribution in [3.05, 3.63) is 0 Å². The van der Waals surface area contributed by atoms with E-state index in [-0.39, 0.29) is 0 Å². The summed E-state index contributed by atoms with van der Waals surface area (Å²) in [5, 5.41) is 0. The van der Waals surface area contributed by atoms with Crippen molar-refractivity contribution in [3.63, 3.8) is 0 Å². The molecule has 206 valence electrons. The van der Waals surface area contributed by atoms with Crippen molar-refractivity contribution >= 4 is 102 Å². The molecule has 0 aromatic heterocycles. The quantitative estimate of drug-likeness (QED) is 0.0482. The van der Waals surface area contributed by atoms with Gasteiger partial charge in [0.15, 0.2) is 37.1 Å². The van der Waals surface area contributed by atoms with Crippen molar-refractivity contribution in [1.82, 2.24) is 0 Å². The Balaban J connectivity index is 7.23. The molecule has 0 bridgehead atoms. The van der Waals surface area contributed by atoms with Crippen LogP contribution in [0.15, 0.2) is 0 Å². The summed E-state index contributed by atoms with van der Waals surface area (Å²) in [5.74, 6) is 0. The van der Waals surface area contributed by atoms with Crippen molar-refractivity contribution in [2.45, 2.75) is 77.8 Å². The third-order valence-electron chi connectivity index (χ3n) is 6.87. The molecule has 0 spiro atoms. The van der Waals surface area contributed by atoms with E-state index in [2.05, 4.69) is 20.0 Å². The van der Waals surface area contributed by atoms with Gasteiger partial charge in [-0.05, 0) is 0 Å². The largest absolute Gasteiger partial charge is 0.443 e. The van der Waals surface area contributed by atoms with E-state index in [0.717, 1.165) is 38.1 Å². The summed E-state index contributed by atoms with van der Waals surface area (Å²) in [5.41, 5.74) is 0. The van der Waals surface area contributed by atoms with E-state index in [1.165, 1.54) is 0 Å². The van der Waals surface area contributed by atoms with Crippen LogP contribution in [0.4, 0.5) is 0 Å². The number of rotatable bonds is 20. The first-order chi connectivity index (χ1) is 15.8. The zero-order valence-corrected chi connectivity index (χ0v) is 36.6. The lowest BCUT2D eigenvalue weighted by Gasteiger charge is -2.60. The van der Waals surface area contributed by atoms with Gasteiger partial charge in [0.1, 0.15) is 0 Å². The van der Waals surface area contributed by atoms with E-state index in [4.69, 9.17) is 12.3 Å². The Morgan fingerprint density at radius 2 is 1.09 bits per heavy atom. The summed E-state index contributed by atoms with van der Waals surface area (Å²) in [6.07, 6.45) is 5.37. The smallest absolute Gasteiger partial charge is 0.291 e. The zero-order chi connectivity index (χ0) is 26.7. The molecule has 0 aliphatic carbocycles. The normalized spacial score (nSPS) is 21.4. The molecule has 0 fully saturated rings. The van der Waals surface area contributed by atoms with Crippen LogP contribution in [-0.4, -0.2) is 135 Å². The molecule has 10 nitrogen and oxygen atoms in total. The minimum absolute atomic E-state index is 0.817. The van der Waals surface area contributed by atoms with E-state index in [0.29, 0.717) is 0 Å². The molecular formula is C12H50O10Si12. The Bertz CT molecular complexity index is 540. The molecule has 0 saturated carbocycles. The predicted octanol–water partition coefficient (Wildman–Crippen LogP) is -6.31. The second-order valence-electron chi connectivity index (χ2n) is 10.7. The van der Waals surface area contributed by atoms with Gasteiger partial charge in [0.2, 0.25) is 20.6 Å². The Morgan fingerprint density at radius 1 is 0.676 bits per heavy atom. The third-order valence-corrected chi connectivity index (χ3v) is 149. The number of hydrogen-bond acceptors (Lipinski definition) is 10. The van der Waals surface area contributed by atoms with Gasteiger partial charge in [-0.1, -0.05) is 77.8 Å². The molecule has 0 aromatic rings. The summed E-state index contributed by atoms with van der Waals surface area (Å²) < 4.78 is 19.3. The summed E-state index contributed by atoms with van der Waals surface area (Å²) >= 11 is 0. The molecule has 22 heteroatoms. The molecule has 0 amide bonds. The van der Waals surface area contributed by atoms with Gasteiger partial charge in [0.05, 0.1) is 15.2 Å². The Morgan fingerprint density at radius 3 is 1.41 bits per heavy atom. The first-order valence-electron chi connectivity index (χ1n) is 12.1. The summed E-state index contributed by atoms with van der Waals surface area (Å²) in [7, 11) is -19.6. The highest BCUT2D eigenvalue weighted by atomic mass is 30.3. The molecule has 0 radical (unpaired) electrons. The van der Waals surface area contributed by atoms with Gasteiger partial charge in [0.25, 0.3) is 28.8 Å². The molecule has 0 aromatic carbocycles. The lowest BCUT2D eigenvalue weighted by Crippen LogP contribution is -2.98. The standard InChI is InChI=1S/C12H50O10Si12/c1-7-8-9-10-11-12-31(5,6)34(22-29(19)30(2,3)4,32(25-15,26-16)20-23-13)33(27-17,28-18)21-24-14/h13-19,29H,7-12,23-28H2,1-6H3. The van der Waals surface area contributed by atoms with Gasteiger partial charge in [-0.15, -0.1) is 0 Å². The second-order valence-corrected chi connectivity index (χ2v) is 89.8. The van der Waals surface area contributed by atoms with Gasteiger partial charge in [0, 0.05) is 0 Å². The molecule has 0 aliphatic heterocycles. The highest BCUT2D eigenvalue weighted by Gasteiger charge is 2.78. The van der Waals surface area contributed by atoms with Crippen LogP contribution in [-0.2, 0) is 12.3 Å². The average Bonchev–Trinajstić information content (AvgIpc) is 2.78. The first-order valence-corrected chi connectivity index (χ1v) is 44.6. The first kappa shape index (κ1) is 36.2. The lowest BCUT2D eigenvalue weighted by molar-refractivity contribution is 0.423. The minimum Gasteiger partial charge on any atom is -0.443 e. The van der Waals surface area contributed by atoms with Gasteiger partial charge in [-0.3, -0.25) is 0 Å². The molecular weight excluding hydrogens is 641 g/mol. The van der Waals surface area contributed by atoms with Gasteiger partial charge in [-0.2, -0.15) is 0 Å². The molecule has 1 unspecified atom stereocenters. The van der Waals surface area contributed by atoms with E-state index in [1.54, 1.807) is 0 Å². The fourth-order valence-corrected chi connectivity index (χ4v) is 255. The van der Waals surface area contributed by atoms with Crippen molar-refractivity contribution < 1.29 is 45.9 Å². The summed E-state index contributed by atoms with van der Waals surface area (Å²) in [6, 6.07) is 0.817. The molecule has 0 aliphatic rings. The van der Waals surface area contributed by atoms with E-state index < -0.39 is 102 Å². The van der Waals surface area contributed by atoms with Crippen LogP contribution in [0.5, 0.6) is 0 Å². The second kappa shape index (κ2) is 16.3. The number of unbranched alkanes of at least 4 members (excludes halogenated alkanes) is 4. The summed E-state index contributed by atoms with van der Waals surface area (Å²) in [4.78, 5) is 75.4. The fraction of sp³-hybridized carbons (Fsp3) is 1.00. The maximum Gasteiger partial charge on any atom is 0.291 e. The highest BCUT2D eigenvalue weighted by Crippen LogP contribution is 2.40. The minimum atomic E-state index is -3.55. The Labute approximate surface area is 224 Å². The van der Waals surface area contributed by atoms with Crippen LogP contribution >= 0.6 is 0 Å². The van der Waals surface area contributed by atoms with Crippen LogP contribution in [0.25, 0.3) is 0 Å². The van der Waals surface area contributed by atoms with E-state index in [9.17, 15) is 33.6 Å². The van der Waals surface area contributed by atoms with E-state index in [1.807, 2.05) is 19.6 Å². The topological polar surface area (TPSA) is 169 Å². The zero-order valence-electron chi connectivity index (χ0n) is 21.9. The number of hydrogen-bond donors (Lipinski definition) is 7. The van der Waals surface area contributed by atoms with Crippen molar-refractivity contribution in [1.29, 1.82) is 0 Å². The van der Waals surface area contributed by atoms with Crippen LogP contribution in [0.2, 0.25) is 38.8 Å². The van der Waals surface area contributed by atoms with Gasteiger partial charge < -0.3 is 45.9 Å². The van der Waals surface area contributed by atoms with Crippen LogP contribution in [0.1, 0.15) is 39.0 Å². The van der Waals surface area contributed by atoms with Gasteiger partial charge >= 0.3 is 0 Å². The highest BCUT2D eigenvalue weighted by molar-refractivity contribution is 8.08. The third kappa shape index (κ3) is 8.11. The van der Waals surface area contributed by atoms with Crippen LogP contribution < -0.4 is 0 Å². The van der Waals surface area contributed by atoms with Crippen LogP contribution in [0.3, 0.4) is 0 Å². The van der Waals surface area contributed by atoms with E-state index >= 15 is 0 Å². The molecule has 0 saturated heterocycles. The molecule has 7 N–H and O–H groups in total. The molecule has 0 rings (SSSR count). The average molecular weight is 692 g/mol. The maximum absolute atomic E-state index is 11.5. The predicted molar refractivity (Wildman–Crippen MR) is 169 cm³/mol. The molecule has 0 heterocycles. The SMILES string of the molecule is CCCCCCC[Si](C)(C)[Si](O[SiH](O)[Si](C)(C)C)([Si](O[SiH2]O)([SiH2]O)[SiH2]O)[Si](O[SiH2]O)([SiH2]O)[SiH2]O. The monoisotopic (exact) mass is 690 g/mol. The Hall–Kier alpha value is 2.20. The van der Waals surface area contributed by atoms with Gasteiger partial charge in [-0.25, -0.2) is 0 Å². The molecule has 34 heavy (non-hydrogen) atoms. The van der Waals surface area contributed by atoms with Crippen molar-refractivity contribution in [3.8, 4) is 0 Å².